The van der Waals surface area contributed by atoms with Crippen LogP contribution in [0.1, 0.15) is 29.9 Å². The molecular weight excluding hydrogens is 238 g/mol. The second kappa shape index (κ2) is 7.63. The lowest BCUT2D eigenvalue weighted by Crippen LogP contribution is -2.41. The maximum absolute atomic E-state index is 5.43. The molecule has 1 N–H and O–H groups in total. The van der Waals surface area contributed by atoms with Crippen molar-refractivity contribution in [1.29, 1.82) is 0 Å². The van der Waals surface area contributed by atoms with E-state index < -0.39 is 0 Å². The first kappa shape index (κ1) is 14.5. The molecule has 1 saturated carbocycles. The number of ether oxygens (including phenoxy) is 2. The molecule has 0 saturated heterocycles. The van der Waals surface area contributed by atoms with Gasteiger partial charge in [0.1, 0.15) is 0 Å². The summed E-state index contributed by atoms with van der Waals surface area (Å²) in [6, 6.07) is 9.62. The van der Waals surface area contributed by atoms with Crippen LogP contribution in [0.15, 0.2) is 24.3 Å². The Balaban J connectivity index is 1.55. The Bertz CT molecular complexity index is 358. The topological polar surface area (TPSA) is 30.5 Å². The summed E-state index contributed by atoms with van der Waals surface area (Å²) in [5.74, 6) is 0.743. The fraction of sp³-hybridized carbons (Fsp3) is 0.625. The molecule has 1 aromatic rings. The van der Waals surface area contributed by atoms with E-state index in [9.17, 15) is 0 Å². The zero-order chi connectivity index (χ0) is 13.5. The van der Waals surface area contributed by atoms with Gasteiger partial charge in [-0.1, -0.05) is 29.8 Å². The Labute approximate surface area is 116 Å². The van der Waals surface area contributed by atoms with Crippen LogP contribution in [0, 0.1) is 6.92 Å². The fourth-order valence-corrected chi connectivity index (χ4v) is 2.47. The number of aryl methyl sites for hydroxylation is 1. The van der Waals surface area contributed by atoms with Crippen LogP contribution in [-0.4, -0.2) is 39.5 Å². The van der Waals surface area contributed by atoms with Crippen molar-refractivity contribution in [2.45, 2.75) is 31.7 Å². The molecular formula is C16H25NO2. The average Bonchev–Trinajstić information content (AvgIpc) is 2.37. The van der Waals surface area contributed by atoms with E-state index in [2.05, 4.69) is 36.5 Å². The van der Waals surface area contributed by atoms with Gasteiger partial charge in [0.2, 0.25) is 0 Å². The normalized spacial score (nSPS) is 22.2. The van der Waals surface area contributed by atoms with Crippen LogP contribution in [0.3, 0.4) is 0 Å². The molecule has 0 aliphatic heterocycles. The number of rotatable bonds is 8. The van der Waals surface area contributed by atoms with Crippen molar-refractivity contribution in [1.82, 2.24) is 5.32 Å². The summed E-state index contributed by atoms with van der Waals surface area (Å²) in [4.78, 5) is 0. The third-order valence-corrected chi connectivity index (χ3v) is 3.80. The van der Waals surface area contributed by atoms with Gasteiger partial charge in [-0.25, -0.2) is 0 Å². The Morgan fingerprint density at radius 2 is 1.84 bits per heavy atom. The number of nitrogens with one attached hydrogen (secondary N) is 1. The highest BCUT2D eigenvalue weighted by Gasteiger charge is 2.29. The quantitative estimate of drug-likeness (QED) is 0.731. The van der Waals surface area contributed by atoms with Gasteiger partial charge in [-0.15, -0.1) is 0 Å². The molecule has 3 nitrogen and oxygen atoms in total. The van der Waals surface area contributed by atoms with E-state index in [-0.39, 0.29) is 0 Å². The van der Waals surface area contributed by atoms with Gasteiger partial charge < -0.3 is 14.8 Å². The highest BCUT2D eigenvalue weighted by Crippen LogP contribution is 2.36. The fourth-order valence-electron chi connectivity index (χ4n) is 2.47. The van der Waals surface area contributed by atoms with E-state index in [1.165, 1.54) is 24.0 Å². The van der Waals surface area contributed by atoms with Crippen molar-refractivity contribution in [3.8, 4) is 0 Å². The average molecular weight is 263 g/mol. The van der Waals surface area contributed by atoms with Crippen molar-refractivity contribution < 1.29 is 9.47 Å². The van der Waals surface area contributed by atoms with Gasteiger partial charge in [-0.05, 0) is 31.2 Å². The molecule has 106 valence electrons. The summed E-state index contributed by atoms with van der Waals surface area (Å²) < 4.78 is 10.4. The van der Waals surface area contributed by atoms with E-state index in [0.717, 1.165) is 19.1 Å². The van der Waals surface area contributed by atoms with Gasteiger partial charge in [0.15, 0.2) is 0 Å². The summed E-state index contributed by atoms with van der Waals surface area (Å²) in [5, 5.41) is 3.54. The van der Waals surface area contributed by atoms with Crippen molar-refractivity contribution in [2.75, 3.05) is 33.5 Å². The van der Waals surface area contributed by atoms with E-state index >= 15 is 0 Å². The molecule has 0 atom stereocenters. The largest absolute Gasteiger partial charge is 0.382 e. The van der Waals surface area contributed by atoms with Gasteiger partial charge >= 0.3 is 0 Å². The predicted octanol–water partition coefficient (Wildman–Crippen LogP) is 2.49. The highest BCUT2D eigenvalue weighted by molar-refractivity contribution is 5.26. The van der Waals surface area contributed by atoms with Crippen LogP contribution < -0.4 is 5.32 Å². The van der Waals surface area contributed by atoms with Crippen LogP contribution in [-0.2, 0) is 9.47 Å². The molecule has 1 aliphatic rings. The maximum atomic E-state index is 5.43. The molecule has 19 heavy (non-hydrogen) atoms. The molecule has 1 aromatic carbocycles. The smallest absolute Gasteiger partial charge is 0.0700 e. The van der Waals surface area contributed by atoms with Crippen molar-refractivity contribution >= 4 is 0 Å². The molecule has 0 spiro atoms. The first-order chi connectivity index (χ1) is 9.29. The van der Waals surface area contributed by atoms with Crippen LogP contribution >= 0.6 is 0 Å². The van der Waals surface area contributed by atoms with Gasteiger partial charge in [-0.3, -0.25) is 0 Å². The number of benzene rings is 1. The van der Waals surface area contributed by atoms with Crippen molar-refractivity contribution in [2.24, 2.45) is 0 Å². The zero-order valence-electron chi connectivity index (χ0n) is 12.0. The first-order valence-corrected chi connectivity index (χ1v) is 7.16. The molecule has 0 aromatic heterocycles. The summed E-state index contributed by atoms with van der Waals surface area (Å²) in [5.41, 5.74) is 2.82. The molecule has 0 bridgehead atoms. The Hall–Kier alpha value is -0.900. The summed E-state index contributed by atoms with van der Waals surface area (Å²) in [7, 11) is 1.70. The van der Waals surface area contributed by atoms with Crippen LogP contribution in [0.4, 0.5) is 0 Å². The minimum atomic E-state index is 0.664. The van der Waals surface area contributed by atoms with E-state index in [4.69, 9.17) is 9.47 Å². The van der Waals surface area contributed by atoms with E-state index in [1.807, 2.05) is 0 Å². The number of hydrogen-bond donors (Lipinski definition) is 1. The summed E-state index contributed by atoms with van der Waals surface area (Å²) in [6.45, 7) is 5.22. The third-order valence-electron chi connectivity index (χ3n) is 3.80. The van der Waals surface area contributed by atoms with Crippen LogP contribution in [0.25, 0.3) is 0 Å². The predicted molar refractivity (Wildman–Crippen MR) is 77.6 cm³/mol. The second-order valence-electron chi connectivity index (χ2n) is 5.34. The SMILES string of the molecule is COCCOCCNC1CC(c2ccc(C)cc2)C1. The zero-order valence-corrected chi connectivity index (χ0v) is 12.0. The van der Waals surface area contributed by atoms with Gasteiger partial charge in [0.05, 0.1) is 19.8 Å². The summed E-state index contributed by atoms with van der Waals surface area (Å²) in [6.07, 6.45) is 2.50. The van der Waals surface area contributed by atoms with Crippen LogP contribution in [0.2, 0.25) is 0 Å². The number of hydrogen-bond acceptors (Lipinski definition) is 3. The first-order valence-electron chi connectivity index (χ1n) is 7.16. The third kappa shape index (κ3) is 4.60. The van der Waals surface area contributed by atoms with E-state index in [0.29, 0.717) is 19.3 Å². The second-order valence-corrected chi connectivity index (χ2v) is 5.34. The molecule has 0 unspecified atom stereocenters. The monoisotopic (exact) mass is 263 g/mol. The molecule has 0 heterocycles. The Kier molecular flexibility index (Phi) is 5.83. The van der Waals surface area contributed by atoms with Crippen LogP contribution in [0.5, 0.6) is 0 Å². The standard InChI is InChI=1S/C16H25NO2/c1-13-3-5-14(6-4-13)15-11-16(12-15)17-7-8-19-10-9-18-2/h3-6,15-17H,7-12H2,1-2H3. The van der Waals surface area contributed by atoms with Gasteiger partial charge in [0, 0.05) is 19.7 Å². The molecule has 1 fully saturated rings. The summed E-state index contributed by atoms with van der Waals surface area (Å²) >= 11 is 0. The van der Waals surface area contributed by atoms with Crippen molar-refractivity contribution in [3.05, 3.63) is 35.4 Å². The lowest BCUT2D eigenvalue weighted by Gasteiger charge is -2.36. The molecule has 3 heteroatoms. The number of methoxy groups -OCH3 is 1. The van der Waals surface area contributed by atoms with Crippen molar-refractivity contribution in [3.63, 3.8) is 0 Å². The van der Waals surface area contributed by atoms with Gasteiger partial charge in [-0.2, -0.15) is 0 Å². The minimum Gasteiger partial charge on any atom is -0.382 e. The molecule has 0 amide bonds. The Morgan fingerprint density at radius 3 is 2.53 bits per heavy atom. The minimum absolute atomic E-state index is 0.664. The van der Waals surface area contributed by atoms with Gasteiger partial charge in [0.25, 0.3) is 0 Å². The Morgan fingerprint density at radius 1 is 1.11 bits per heavy atom. The molecule has 1 aliphatic carbocycles. The maximum Gasteiger partial charge on any atom is 0.0700 e. The molecule has 0 radical (unpaired) electrons. The lowest BCUT2D eigenvalue weighted by atomic mass is 9.76. The lowest BCUT2D eigenvalue weighted by molar-refractivity contribution is 0.0694. The van der Waals surface area contributed by atoms with E-state index in [1.54, 1.807) is 7.11 Å². The molecule has 2 rings (SSSR count). The highest BCUT2D eigenvalue weighted by atomic mass is 16.5.